The summed E-state index contributed by atoms with van der Waals surface area (Å²) in [5.41, 5.74) is 0.502. The number of hydrazine groups is 1. The van der Waals surface area contributed by atoms with Crippen LogP contribution in [0.1, 0.15) is 0 Å². The molecule has 1 saturated heterocycles. The normalized spacial score (nSPS) is 17.5. The molecular formula is C19H19Cl4N5O2. The SMILES string of the molecule is CN(C)C1N(c2cc(Cl)ccc2Cl)C(=O)N(c2cc(Cl)ccc2Cl)C(=O)N1N(C)C. The maximum atomic E-state index is 13.7. The van der Waals surface area contributed by atoms with Crippen LogP contribution in [0.25, 0.3) is 0 Å². The Labute approximate surface area is 194 Å². The Balaban J connectivity index is 2.27. The molecule has 1 atom stereocenters. The van der Waals surface area contributed by atoms with Crippen LogP contribution in [0.3, 0.4) is 0 Å². The number of halogens is 4. The number of hydrogen-bond donors (Lipinski definition) is 0. The van der Waals surface area contributed by atoms with Crippen LogP contribution < -0.4 is 9.80 Å². The van der Waals surface area contributed by atoms with E-state index in [-0.39, 0.29) is 10.7 Å². The largest absolute Gasteiger partial charge is 0.350 e. The zero-order valence-corrected chi connectivity index (χ0v) is 19.6. The van der Waals surface area contributed by atoms with Gasteiger partial charge in [0.1, 0.15) is 0 Å². The highest BCUT2D eigenvalue weighted by atomic mass is 35.5. The molecule has 7 nitrogen and oxygen atoms in total. The van der Waals surface area contributed by atoms with Crippen LogP contribution in [0.2, 0.25) is 20.1 Å². The topological polar surface area (TPSA) is 50.3 Å². The average molecular weight is 491 g/mol. The fraction of sp³-hybridized carbons (Fsp3) is 0.263. The summed E-state index contributed by atoms with van der Waals surface area (Å²) >= 11 is 25.0. The van der Waals surface area contributed by atoms with Crippen molar-refractivity contribution < 1.29 is 9.59 Å². The first-order valence-electron chi connectivity index (χ1n) is 8.75. The smallest absolute Gasteiger partial charge is 0.271 e. The summed E-state index contributed by atoms with van der Waals surface area (Å²) in [5.74, 6) is 0. The number of hydrogen-bond acceptors (Lipinski definition) is 4. The van der Waals surface area contributed by atoms with Crippen molar-refractivity contribution in [3.63, 3.8) is 0 Å². The molecule has 11 heteroatoms. The molecule has 1 aliphatic heterocycles. The van der Waals surface area contributed by atoms with Gasteiger partial charge in [-0.2, -0.15) is 0 Å². The Morgan fingerprint density at radius 1 is 0.767 bits per heavy atom. The standard InChI is InChI=1S/C19H19Cl4N5O2/c1-24(2)17-26(15-9-11(20)5-7-13(15)22)18(29)27(19(30)28(17)25(3)4)16-10-12(21)6-8-14(16)23/h5-10,17H,1-4H3. The fourth-order valence-electron chi connectivity index (χ4n) is 3.19. The van der Waals surface area contributed by atoms with Crippen LogP contribution in [-0.2, 0) is 0 Å². The Morgan fingerprint density at radius 3 is 1.77 bits per heavy atom. The molecule has 30 heavy (non-hydrogen) atoms. The summed E-state index contributed by atoms with van der Waals surface area (Å²) in [4.78, 5) is 31.2. The number of amides is 4. The van der Waals surface area contributed by atoms with E-state index in [9.17, 15) is 9.59 Å². The molecule has 0 saturated carbocycles. The molecule has 1 unspecified atom stereocenters. The van der Waals surface area contributed by atoms with E-state index < -0.39 is 18.4 Å². The molecule has 1 aliphatic rings. The van der Waals surface area contributed by atoms with Crippen LogP contribution in [-0.4, -0.2) is 61.5 Å². The summed E-state index contributed by atoms with van der Waals surface area (Å²) in [5, 5.41) is 4.19. The third-order valence-electron chi connectivity index (χ3n) is 4.44. The van der Waals surface area contributed by atoms with Gasteiger partial charge in [-0.1, -0.05) is 46.4 Å². The second-order valence-corrected chi connectivity index (χ2v) is 8.65. The molecule has 2 aromatic carbocycles. The van der Waals surface area contributed by atoms with Gasteiger partial charge in [-0.25, -0.2) is 24.5 Å². The second-order valence-electron chi connectivity index (χ2n) is 6.96. The number of rotatable bonds is 4. The molecule has 3 rings (SSSR count). The summed E-state index contributed by atoms with van der Waals surface area (Å²) < 4.78 is 0. The summed E-state index contributed by atoms with van der Waals surface area (Å²) in [7, 11) is 6.88. The van der Waals surface area contributed by atoms with Crippen molar-refractivity contribution >= 4 is 69.8 Å². The second kappa shape index (κ2) is 8.78. The molecule has 1 heterocycles. The zero-order valence-electron chi connectivity index (χ0n) is 16.6. The van der Waals surface area contributed by atoms with Crippen LogP contribution in [0, 0.1) is 0 Å². The van der Waals surface area contributed by atoms with Gasteiger partial charge in [0.15, 0.2) is 6.29 Å². The van der Waals surface area contributed by atoms with Crippen LogP contribution in [0.15, 0.2) is 36.4 Å². The maximum Gasteiger partial charge on any atom is 0.350 e. The zero-order chi connectivity index (χ0) is 22.3. The highest BCUT2D eigenvalue weighted by Gasteiger charge is 2.49. The maximum absolute atomic E-state index is 13.7. The number of carbonyl (C=O) groups is 2. The number of anilines is 2. The van der Waals surface area contributed by atoms with Gasteiger partial charge in [-0.15, -0.1) is 0 Å². The minimum absolute atomic E-state index is 0.159. The van der Waals surface area contributed by atoms with Gasteiger partial charge in [-0.3, -0.25) is 9.80 Å². The van der Waals surface area contributed by atoms with Gasteiger partial charge in [0, 0.05) is 24.1 Å². The average Bonchev–Trinajstić information content (AvgIpc) is 2.65. The monoisotopic (exact) mass is 489 g/mol. The van der Waals surface area contributed by atoms with Gasteiger partial charge < -0.3 is 0 Å². The predicted octanol–water partition coefficient (Wildman–Crippen LogP) is 5.49. The van der Waals surface area contributed by atoms with Crippen LogP contribution in [0.5, 0.6) is 0 Å². The third-order valence-corrected chi connectivity index (χ3v) is 5.55. The number of benzene rings is 2. The van der Waals surface area contributed by atoms with E-state index in [1.54, 1.807) is 62.4 Å². The molecule has 0 spiro atoms. The molecule has 0 radical (unpaired) electrons. The number of carbonyl (C=O) groups excluding carboxylic acids is 2. The van der Waals surface area contributed by atoms with Gasteiger partial charge in [0.25, 0.3) is 0 Å². The van der Waals surface area contributed by atoms with E-state index >= 15 is 0 Å². The number of urea groups is 2. The predicted molar refractivity (Wildman–Crippen MR) is 122 cm³/mol. The van der Waals surface area contributed by atoms with Crippen molar-refractivity contribution in [2.75, 3.05) is 38.0 Å². The summed E-state index contributed by atoms with van der Waals surface area (Å²) in [6.45, 7) is 0. The highest BCUT2D eigenvalue weighted by molar-refractivity contribution is 6.39. The van der Waals surface area contributed by atoms with E-state index in [4.69, 9.17) is 46.4 Å². The molecular weight excluding hydrogens is 472 g/mol. The van der Waals surface area contributed by atoms with E-state index in [0.717, 1.165) is 4.90 Å². The Hall–Kier alpha value is -1.74. The summed E-state index contributed by atoms with van der Waals surface area (Å²) in [6.07, 6.45) is -0.815. The van der Waals surface area contributed by atoms with Gasteiger partial charge in [0.05, 0.1) is 21.4 Å². The molecule has 0 bridgehead atoms. The highest BCUT2D eigenvalue weighted by Crippen LogP contribution is 2.38. The Bertz CT molecular complexity index is 1000. The van der Waals surface area contributed by atoms with Crippen molar-refractivity contribution in [3.8, 4) is 0 Å². The molecule has 160 valence electrons. The quantitative estimate of drug-likeness (QED) is 0.568. The molecule has 4 amide bonds. The number of nitrogens with zero attached hydrogens (tertiary/aromatic N) is 5. The molecule has 1 fully saturated rings. The van der Waals surface area contributed by atoms with Gasteiger partial charge in [0.2, 0.25) is 0 Å². The van der Waals surface area contributed by atoms with E-state index in [1.165, 1.54) is 22.0 Å². The lowest BCUT2D eigenvalue weighted by Crippen LogP contribution is -2.73. The van der Waals surface area contributed by atoms with E-state index in [2.05, 4.69) is 0 Å². The first-order chi connectivity index (χ1) is 14.0. The van der Waals surface area contributed by atoms with Crippen molar-refractivity contribution in [3.05, 3.63) is 56.5 Å². The summed E-state index contributed by atoms with van der Waals surface area (Å²) in [6, 6.07) is 8.09. The minimum Gasteiger partial charge on any atom is -0.271 e. The first kappa shape index (κ1) is 22.9. The third kappa shape index (κ3) is 4.06. The van der Waals surface area contributed by atoms with Crippen molar-refractivity contribution in [1.82, 2.24) is 14.9 Å². The molecule has 2 aromatic rings. The Morgan fingerprint density at radius 2 is 1.27 bits per heavy atom. The minimum atomic E-state index is -0.815. The van der Waals surface area contributed by atoms with Crippen molar-refractivity contribution in [2.24, 2.45) is 0 Å². The molecule has 0 N–H and O–H groups in total. The molecule has 0 aromatic heterocycles. The van der Waals surface area contributed by atoms with Gasteiger partial charge in [-0.05, 0) is 50.5 Å². The molecule has 0 aliphatic carbocycles. The number of imide groups is 1. The van der Waals surface area contributed by atoms with E-state index in [1.807, 2.05) is 0 Å². The van der Waals surface area contributed by atoms with Crippen LogP contribution in [0.4, 0.5) is 21.0 Å². The van der Waals surface area contributed by atoms with Crippen molar-refractivity contribution in [1.29, 1.82) is 0 Å². The lowest BCUT2D eigenvalue weighted by molar-refractivity contribution is -0.0291. The fourth-order valence-corrected chi connectivity index (χ4v) is 3.93. The Kier molecular flexibility index (Phi) is 6.72. The lowest BCUT2D eigenvalue weighted by Gasteiger charge is -2.51. The van der Waals surface area contributed by atoms with Crippen molar-refractivity contribution in [2.45, 2.75) is 6.29 Å². The first-order valence-corrected chi connectivity index (χ1v) is 10.3. The van der Waals surface area contributed by atoms with Crippen LogP contribution >= 0.6 is 46.4 Å². The van der Waals surface area contributed by atoms with E-state index in [0.29, 0.717) is 20.8 Å². The lowest BCUT2D eigenvalue weighted by atomic mass is 10.2. The van der Waals surface area contributed by atoms with Gasteiger partial charge >= 0.3 is 12.1 Å².